The molecule has 0 aromatic rings. The fourth-order valence-electron chi connectivity index (χ4n) is 2.29. The van der Waals surface area contributed by atoms with Gasteiger partial charge < -0.3 is 10.2 Å². The molecule has 2 atom stereocenters. The maximum absolute atomic E-state index is 11.4. The average Bonchev–Trinajstić information content (AvgIpc) is 2.04. The highest BCUT2D eigenvalue weighted by Crippen LogP contribution is 2.22. The normalized spacial score (nSPS) is 29.0. The Hall–Kier alpha value is -0.570. The average molecular weight is 184 g/mol. The van der Waals surface area contributed by atoms with E-state index in [2.05, 4.69) is 12.2 Å². The number of likely N-dealkylation sites (N-methyl/N-ethyl adjacent to an activating group) is 1. The van der Waals surface area contributed by atoms with E-state index in [0.717, 1.165) is 19.4 Å². The van der Waals surface area contributed by atoms with Crippen molar-refractivity contribution in [3.05, 3.63) is 0 Å². The van der Waals surface area contributed by atoms with E-state index >= 15 is 0 Å². The van der Waals surface area contributed by atoms with Gasteiger partial charge in [0.25, 0.3) is 0 Å². The highest BCUT2D eigenvalue weighted by molar-refractivity contribution is 5.74. The fraction of sp³-hybridized carbons (Fsp3) is 0.900. The molecule has 0 saturated carbocycles. The van der Waals surface area contributed by atoms with Crippen molar-refractivity contribution in [2.75, 3.05) is 13.6 Å². The second kappa shape index (κ2) is 4.61. The first-order valence-corrected chi connectivity index (χ1v) is 5.10. The molecule has 2 unspecified atom stereocenters. The van der Waals surface area contributed by atoms with Crippen LogP contribution >= 0.6 is 0 Å². The minimum atomic E-state index is 0.215. The second-order valence-electron chi connectivity index (χ2n) is 3.92. The van der Waals surface area contributed by atoms with Crippen molar-refractivity contribution in [1.82, 2.24) is 10.2 Å². The van der Waals surface area contributed by atoms with Crippen LogP contribution in [0, 0.1) is 0 Å². The van der Waals surface area contributed by atoms with Crippen LogP contribution in [0.3, 0.4) is 0 Å². The molecule has 1 aliphatic rings. The van der Waals surface area contributed by atoms with Gasteiger partial charge in [0.2, 0.25) is 5.91 Å². The van der Waals surface area contributed by atoms with Gasteiger partial charge in [0.05, 0.1) is 0 Å². The summed E-state index contributed by atoms with van der Waals surface area (Å²) in [6.45, 7) is 4.73. The van der Waals surface area contributed by atoms with Gasteiger partial charge in [-0.05, 0) is 33.2 Å². The van der Waals surface area contributed by atoms with Crippen molar-refractivity contribution >= 4 is 5.91 Å². The lowest BCUT2D eigenvalue weighted by molar-refractivity contribution is -0.135. The van der Waals surface area contributed by atoms with Crippen molar-refractivity contribution in [1.29, 1.82) is 0 Å². The minimum absolute atomic E-state index is 0.215. The molecule has 76 valence electrons. The Labute approximate surface area is 80.5 Å². The van der Waals surface area contributed by atoms with Gasteiger partial charge in [-0.2, -0.15) is 0 Å². The smallest absolute Gasteiger partial charge is 0.219 e. The molecule has 0 aliphatic carbocycles. The van der Waals surface area contributed by atoms with Crippen molar-refractivity contribution in [2.45, 2.75) is 45.2 Å². The largest absolute Gasteiger partial charge is 0.336 e. The monoisotopic (exact) mass is 184 g/mol. The van der Waals surface area contributed by atoms with Crippen molar-refractivity contribution in [3.8, 4) is 0 Å². The Morgan fingerprint density at radius 3 is 2.77 bits per heavy atom. The van der Waals surface area contributed by atoms with E-state index in [1.807, 2.05) is 11.9 Å². The number of hydrogen-bond acceptors (Lipinski definition) is 2. The summed E-state index contributed by atoms with van der Waals surface area (Å²) in [4.78, 5) is 13.4. The molecule has 1 heterocycles. The molecule has 0 spiro atoms. The molecule has 1 aliphatic heterocycles. The molecule has 3 nitrogen and oxygen atoms in total. The zero-order chi connectivity index (χ0) is 9.84. The van der Waals surface area contributed by atoms with Crippen LogP contribution in [-0.4, -0.2) is 36.5 Å². The number of rotatable bonds is 2. The van der Waals surface area contributed by atoms with Gasteiger partial charge in [0.1, 0.15) is 0 Å². The Kier molecular flexibility index (Phi) is 3.72. The van der Waals surface area contributed by atoms with Crippen LogP contribution in [0.4, 0.5) is 0 Å². The van der Waals surface area contributed by atoms with Gasteiger partial charge in [0, 0.05) is 25.6 Å². The number of hydrogen-bond donors (Lipinski definition) is 1. The highest BCUT2D eigenvalue weighted by atomic mass is 16.2. The van der Waals surface area contributed by atoms with Crippen LogP contribution < -0.4 is 5.32 Å². The van der Waals surface area contributed by atoms with Crippen LogP contribution in [0.2, 0.25) is 0 Å². The molecular formula is C10H20N2O. The number of carbonyl (C=O) groups excluding carboxylic acids is 1. The zero-order valence-electron chi connectivity index (χ0n) is 8.84. The van der Waals surface area contributed by atoms with E-state index in [0.29, 0.717) is 12.1 Å². The standard InChI is InChI=1S/C10H20N2O/c1-8-5-4-6-10(7-11-3)12(8)9(2)13/h8,10-11H,4-7H2,1-3H3. The predicted molar refractivity (Wildman–Crippen MR) is 53.5 cm³/mol. The fourth-order valence-corrected chi connectivity index (χ4v) is 2.29. The molecule has 0 aromatic carbocycles. The molecule has 3 heteroatoms. The summed E-state index contributed by atoms with van der Waals surface area (Å²) in [6, 6.07) is 0.829. The minimum Gasteiger partial charge on any atom is -0.336 e. The van der Waals surface area contributed by atoms with Crippen molar-refractivity contribution in [3.63, 3.8) is 0 Å². The van der Waals surface area contributed by atoms with Crippen LogP contribution in [0.25, 0.3) is 0 Å². The summed E-state index contributed by atoms with van der Waals surface area (Å²) in [5, 5.41) is 3.15. The molecule has 0 aromatic heterocycles. The van der Waals surface area contributed by atoms with Crippen LogP contribution in [0.15, 0.2) is 0 Å². The zero-order valence-corrected chi connectivity index (χ0v) is 8.84. The predicted octanol–water partition coefficient (Wildman–Crippen LogP) is 0.995. The Morgan fingerprint density at radius 1 is 1.54 bits per heavy atom. The van der Waals surface area contributed by atoms with Crippen molar-refractivity contribution < 1.29 is 4.79 Å². The summed E-state index contributed by atoms with van der Waals surface area (Å²) >= 11 is 0. The molecule has 0 radical (unpaired) electrons. The lowest BCUT2D eigenvalue weighted by Crippen LogP contribution is -2.51. The highest BCUT2D eigenvalue weighted by Gasteiger charge is 2.28. The molecule has 13 heavy (non-hydrogen) atoms. The third-order valence-corrected chi connectivity index (χ3v) is 2.83. The third-order valence-electron chi connectivity index (χ3n) is 2.83. The SMILES string of the molecule is CNCC1CCCC(C)N1C(C)=O. The Balaban J connectivity index is 2.62. The van der Waals surface area contributed by atoms with Gasteiger partial charge in [-0.3, -0.25) is 4.79 Å². The number of carbonyl (C=O) groups is 1. The summed E-state index contributed by atoms with van der Waals surface area (Å²) in [6.07, 6.45) is 3.54. The maximum atomic E-state index is 11.4. The summed E-state index contributed by atoms with van der Waals surface area (Å²) in [7, 11) is 1.94. The third kappa shape index (κ3) is 2.44. The number of nitrogens with one attached hydrogen (secondary N) is 1. The van der Waals surface area contributed by atoms with E-state index in [1.54, 1.807) is 6.92 Å². The number of likely N-dealkylation sites (tertiary alicyclic amines) is 1. The first kappa shape index (κ1) is 10.5. The maximum Gasteiger partial charge on any atom is 0.219 e. The molecule has 1 saturated heterocycles. The van der Waals surface area contributed by atoms with Crippen LogP contribution in [0.5, 0.6) is 0 Å². The van der Waals surface area contributed by atoms with Crippen molar-refractivity contribution in [2.24, 2.45) is 0 Å². The number of amides is 1. The second-order valence-corrected chi connectivity index (χ2v) is 3.92. The molecule has 1 rings (SSSR count). The summed E-state index contributed by atoms with van der Waals surface area (Å²) in [5.41, 5.74) is 0. The van der Waals surface area contributed by atoms with E-state index in [9.17, 15) is 4.79 Å². The van der Waals surface area contributed by atoms with E-state index in [1.165, 1.54) is 6.42 Å². The Morgan fingerprint density at radius 2 is 2.23 bits per heavy atom. The first-order chi connectivity index (χ1) is 6.16. The first-order valence-electron chi connectivity index (χ1n) is 5.10. The van der Waals surface area contributed by atoms with E-state index in [4.69, 9.17) is 0 Å². The molecular weight excluding hydrogens is 164 g/mol. The topological polar surface area (TPSA) is 32.3 Å². The lowest BCUT2D eigenvalue weighted by Gasteiger charge is -2.40. The quantitative estimate of drug-likeness (QED) is 0.694. The Bertz CT molecular complexity index is 180. The van der Waals surface area contributed by atoms with E-state index in [-0.39, 0.29) is 5.91 Å². The van der Waals surface area contributed by atoms with Gasteiger partial charge in [-0.25, -0.2) is 0 Å². The van der Waals surface area contributed by atoms with Crippen LogP contribution in [-0.2, 0) is 4.79 Å². The van der Waals surface area contributed by atoms with Gasteiger partial charge in [0.15, 0.2) is 0 Å². The molecule has 0 bridgehead atoms. The number of nitrogens with zero attached hydrogens (tertiary/aromatic N) is 1. The summed E-state index contributed by atoms with van der Waals surface area (Å²) < 4.78 is 0. The molecule has 1 N–H and O–H groups in total. The summed E-state index contributed by atoms with van der Waals surface area (Å²) in [5.74, 6) is 0.215. The number of piperidine rings is 1. The van der Waals surface area contributed by atoms with Gasteiger partial charge in [-0.1, -0.05) is 0 Å². The molecule has 1 amide bonds. The molecule has 1 fully saturated rings. The van der Waals surface area contributed by atoms with Crippen LogP contribution in [0.1, 0.15) is 33.1 Å². The van der Waals surface area contributed by atoms with E-state index < -0.39 is 0 Å². The van der Waals surface area contributed by atoms with Gasteiger partial charge >= 0.3 is 0 Å². The lowest BCUT2D eigenvalue weighted by atomic mass is 9.96. The van der Waals surface area contributed by atoms with Gasteiger partial charge in [-0.15, -0.1) is 0 Å².